The summed E-state index contributed by atoms with van der Waals surface area (Å²) in [4.78, 5) is 0.323. The van der Waals surface area contributed by atoms with Crippen molar-refractivity contribution in [1.82, 2.24) is 10.2 Å². The van der Waals surface area contributed by atoms with Gasteiger partial charge in [0.15, 0.2) is 0 Å². The Labute approximate surface area is 69.8 Å². The molecule has 1 rings (SSSR count). The Hall–Kier alpha value is -0.680. The molecule has 0 fully saturated rings. The highest BCUT2D eigenvalue weighted by Crippen LogP contribution is 2.03. The smallest absolute Gasteiger partial charge is 0.284 e. The topological polar surface area (TPSA) is 67.8 Å². The van der Waals surface area contributed by atoms with Gasteiger partial charge in [0.05, 0.1) is 0 Å². The normalized spacial score (nSPS) is 13.3. The molecule has 3 N–H and O–H groups in total. The molecule has 5 heteroatoms. The Morgan fingerprint density at radius 2 is 2.55 bits per heavy atom. The lowest BCUT2D eigenvalue weighted by Crippen LogP contribution is -2.13. The number of nitrogens with two attached hydrogens (primary N) is 1. The Morgan fingerprint density at radius 3 is 3.00 bits per heavy atom. The molecule has 1 unspecified atom stereocenters. The summed E-state index contributed by atoms with van der Waals surface area (Å²) in [5.41, 5.74) is 5.42. The first-order valence-corrected chi connectivity index (χ1v) is 3.87. The standard InChI is InChI=1S/C6H11N3OS/c1-4(3-7)2-5-8-9-6(11)10-5/h4H,2-3,7H2,1H3,(H,9,11). The van der Waals surface area contributed by atoms with Crippen LogP contribution in [0.1, 0.15) is 12.8 Å². The molecule has 0 spiro atoms. The van der Waals surface area contributed by atoms with Crippen LogP contribution in [0.3, 0.4) is 0 Å². The van der Waals surface area contributed by atoms with Gasteiger partial charge in [0.2, 0.25) is 5.89 Å². The summed E-state index contributed by atoms with van der Waals surface area (Å²) in [6.45, 7) is 2.67. The van der Waals surface area contributed by atoms with Crippen molar-refractivity contribution in [1.29, 1.82) is 0 Å². The van der Waals surface area contributed by atoms with Crippen LogP contribution in [-0.4, -0.2) is 16.7 Å². The van der Waals surface area contributed by atoms with E-state index in [2.05, 4.69) is 10.2 Å². The van der Waals surface area contributed by atoms with E-state index in [1.54, 1.807) is 0 Å². The largest absolute Gasteiger partial charge is 0.414 e. The minimum absolute atomic E-state index is 0.323. The number of H-pyrrole nitrogens is 1. The molecule has 0 amide bonds. The van der Waals surface area contributed by atoms with Crippen molar-refractivity contribution >= 4 is 12.2 Å². The highest BCUT2D eigenvalue weighted by atomic mass is 32.1. The van der Waals surface area contributed by atoms with Crippen molar-refractivity contribution in [2.75, 3.05) is 6.54 Å². The van der Waals surface area contributed by atoms with Gasteiger partial charge >= 0.3 is 0 Å². The minimum Gasteiger partial charge on any atom is -0.414 e. The van der Waals surface area contributed by atoms with E-state index in [1.807, 2.05) is 6.92 Å². The average Bonchev–Trinajstić information content (AvgIpc) is 2.35. The molecule has 0 aliphatic carbocycles. The Morgan fingerprint density at radius 1 is 1.82 bits per heavy atom. The van der Waals surface area contributed by atoms with Crippen molar-refractivity contribution < 1.29 is 4.42 Å². The Kier molecular flexibility index (Phi) is 2.78. The zero-order valence-corrected chi connectivity index (χ0v) is 7.15. The zero-order chi connectivity index (χ0) is 8.27. The lowest BCUT2D eigenvalue weighted by molar-refractivity contribution is 0.439. The second-order valence-corrected chi connectivity index (χ2v) is 2.92. The molecule has 1 aromatic heterocycles. The van der Waals surface area contributed by atoms with E-state index < -0.39 is 0 Å². The van der Waals surface area contributed by atoms with Gasteiger partial charge in [0.1, 0.15) is 0 Å². The molecular weight excluding hydrogens is 162 g/mol. The average molecular weight is 173 g/mol. The van der Waals surface area contributed by atoms with Crippen molar-refractivity contribution in [3.05, 3.63) is 10.7 Å². The lowest BCUT2D eigenvalue weighted by Gasteiger charge is -2.01. The summed E-state index contributed by atoms with van der Waals surface area (Å²) >= 11 is 4.71. The molecule has 62 valence electrons. The number of aromatic amines is 1. The summed E-state index contributed by atoms with van der Waals surface area (Å²) < 4.78 is 5.05. The van der Waals surface area contributed by atoms with E-state index in [0.29, 0.717) is 23.2 Å². The molecule has 1 atom stereocenters. The summed E-state index contributed by atoms with van der Waals surface area (Å²) in [6, 6.07) is 0. The third-order valence-corrected chi connectivity index (χ3v) is 1.58. The fourth-order valence-corrected chi connectivity index (χ4v) is 0.871. The zero-order valence-electron chi connectivity index (χ0n) is 6.33. The number of nitrogens with zero attached hydrogens (tertiary/aromatic N) is 1. The van der Waals surface area contributed by atoms with Crippen molar-refractivity contribution in [3.63, 3.8) is 0 Å². The van der Waals surface area contributed by atoms with Crippen LogP contribution in [0.5, 0.6) is 0 Å². The van der Waals surface area contributed by atoms with Gasteiger partial charge in [-0.1, -0.05) is 6.92 Å². The van der Waals surface area contributed by atoms with Crippen LogP contribution < -0.4 is 5.73 Å². The van der Waals surface area contributed by atoms with Crippen LogP contribution in [0, 0.1) is 10.8 Å². The van der Waals surface area contributed by atoms with Gasteiger partial charge in [-0.05, 0) is 24.7 Å². The molecule has 0 saturated heterocycles. The number of rotatable bonds is 3. The van der Waals surface area contributed by atoms with E-state index in [1.165, 1.54) is 0 Å². The van der Waals surface area contributed by atoms with Gasteiger partial charge in [-0.2, -0.15) is 0 Å². The predicted molar refractivity (Wildman–Crippen MR) is 43.6 cm³/mol. The van der Waals surface area contributed by atoms with Crippen molar-refractivity contribution in [2.45, 2.75) is 13.3 Å². The fourth-order valence-electron chi connectivity index (χ4n) is 0.729. The molecule has 0 bridgehead atoms. The lowest BCUT2D eigenvalue weighted by atomic mass is 10.1. The molecule has 4 nitrogen and oxygen atoms in total. The van der Waals surface area contributed by atoms with Gasteiger partial charge < -0.3 is 10.2 Å². The minimum atomic E-state index is 0.323. The van der Waals surface area contributed by atoms with Crippen molar-refractivity contribution in [2.24, 2.45) is 11.7 Å². The van der Waals surface area contributed by atoms with Gasteiger partial charge in [0.25, 0.3) is 4.84 Å². The van der Waals surface area contributed by atoms with E-state index in [-0.39, 0.29) is 0 Å². The maximum atomic E-state index is 5.42. The number of nitrogens with one attached hydrogen (secondary N) is 1. The van der Waals surface area contributed by atoms with Crippen molar-refractivity contribution in [3.8, 4) is 0 Å². The molecule has 0 saturated carbocycles. The summed E-state index contributed by atoms with van der Waals surface area (Å²) in [6.07, 6.45) is 0.740. The highest BCUT2D eigenvalue weighted by Gasteiger charge is 2.04. The van der Waals surface area contributed by atoms with Gasteiger partial charge in [-0.15, -0.1) is 5.10 Å². The first-order valence-electron chi connectivity index (χ1n) is 3.47. The molecule has 1 heterocycles. The van der Waals surface area contributed by atoms with Crippen LogP contribution >= 0.6 is 12.2 Å². The maximum Gasteiger partial charge on any atom is 0.284 e. The molecule has 0 aliphatic rings. The van der Waals surface area contributed by atoms with E-state index >= 15 is 0 Å². The predicted octanol–water partition coefficient (Wildman–Crippen LogP) is 0.869. The van der Waals surface area contributed by atoms with Gasteiger partial charge in [-0.3, -0.25) is 0 Å². The molecule has 0 radical (unpaired) electrons. The van der Waals surface area contributed by atoms with Crippen LogP contribution in [-0.2, 0) is 6.42 Å². The fraction of sp³-hybridized carbons (Fsp3) is 0.667. The van der Waals surface area contributed by atoms with Crippen LogP contribution in [0.2, 0.25) is 0 Å². The molecule has 1 aromatic rings. The SMILES string of the molecule is CC(CN)Cc1n[nH]c(=S)o1. The van der Waals surface area contributed by atoms with E-state index in [4.69, 9.17) is 22.4 Å². The number of hydrogen-bond acceptors (Lipinski definition) is 4. The molecular formula is C6H11N3OS. The Bertz CT molecular complexity index is 267. The van der Waals surface area contributed by atoms with Gasteiger partial charge in [0, 0.05) is 6.42 Å². The third-order valence-electron chi connectivity index (χ3n) is 1.41. The number of hydrogen-bond donors (Lipinski definition) is 2. The van der Waals surface area contributed by atoms with Crippen LogP contribution in [0.4, 0.5) is 0 Å². The Balaban J connectivity index is 2.57. The van der Waals surface area contributed by atoms with E-state index in [0.717, 1.165) is 6.42 Å². The maximum absolute atomic E-state index is 5.42. The van der Waals surface area contributed by atoms with Crippen LogP contribution in [0.25, 0.3) is 0 Å². The monoisotopic (exact) mass is 173 g/mol. The summed E-state index contributed by atoms with van der Waals surface area (Å²) in [5, 5.41) is 6.41. The molecule has 0 aliphatic heterocycles. The number of aromatic nitrogens is 2. The first kappa shape index (κ1) is 8.42. The molecule has 11 heavy (non-hydrogen) atoms. The van der Waals surface area contributed by atoms with E-state index in [9.17, 15) is 0 Å². The van der Waals surface area contributed by atoms with Crippen LogP contribution in [0.15, 0.2) is 4.42 Å². The second kappa shape index (κ2) is 3.64. The molecule has 0 aromatic carbocycles. The highest BCUT2D eigenvalue weighted by molar-refractivity contribution is 7.71. The second-order valence-electron chi connectivity index (χ2n) is 2.55. The quantitative estimate of drug-likeness (QED) is 0.665. The first-order chi connectivity index (χ1) is 5.22. The summed E-state index contributed by atoms with van der Waals surface area (Å²) in [5.74, 6) is 1.02. The third kappa shape index (κ3) is 2.44. The van der Waals surface area contributed by atoms with Gasteiger partial charge in [-0.25, -0.2) is 5.10 Å². The summed E-state index contributed by atoms with van der Waals surface area (Å²) in [7, 11) is 0.